The standard InChI is InChI=1S/C52H34N4OS/c1-3-13-32(14-4-1)48-38-29-30-42-47(46(38)36-17-7-9-22-41(36)53-48)39-20-11-19-35(49(39)57-42)31-25-27-34(28-26-31)51-54-50(33-15-5-2-6-16-33)55-52(56-51)40-21-12-24-44-45(40)37-18-8-10-23-43(37)58-44/h1-30,51-52,56H,(H,54,55). The molecule has 0 amide bonds. The number of benzene rings is 8. The van der Waals surface area contributed by atoms with E-state index in [1.165, 1.54) is 25.7 Å². The lowest BCUT2D eigenvalue weighted by atomic mass is 9.95. The van der Waals surface area contributed by atoms with Gasteiger partial charge in [-0.2, -0.15) is 0 Å². The second-order valence-corrected chi connectivity index (χ2v) is 16.0. The number of furan rings is 1. The van der Waals surface area contributed by atoms with E-state index in [0.29, 0.717) is 0 Å². The number of nitrogens with zero attached hydrogens (tertiary/aromatic N) is 2. The molecule has 0 saturated heterocycles. The van der Waals surface area contributed by atoms with Crippen LogP contribution in [0.2, 0.25) is 0 Å². The quantitative estimate of drug-likeness (QED) is 0.171. The number of pyridine rings is 1. The fourth-order valence-corrected chi connectivity index (χ4v) is 10.0. The number of aromatic nitrogens is 1. The largest absolute Gasteiger partial charge is 0.455 e. The fraction of sp³-hybridized carbons (Fsp3) is 0.0385. The van der Waals surface area contributed by atoms with E-state index >= 15 is 0 Å². The summed E-state index contributed by atoms with van der Waals surface area (Å²) in [6.07, 6.45) is -0.434. The minimum absolute atomic E-state index is 0.160. The second-order valence-electron chi connectivity index (χ2n) is 14.9. The highest BCUT2D eigenvalue weighted by atomic mass is 32.1. The summed E-state index contributed by atoms with van der Waals surface area (Å²) in [5.74, 6) is 0.868. The lowest BCUT2D eigenvalue weighted by molar-refractivity contribution is 0.411. The molecule has 0 aliphatic carbocycles. The van der Waals surface area contributed by atoms with Crippen molar-refractivity contribution in [1.82, 2.24) is 15.6 Å². The van der Waals surface area contributed by atoms with Crippen molar-refractivity contribution in [2.24, 2.45) is 4.99 Å². The summed E-state index contributed by atoms with van der Waals surface area (Å²) in [6, 6.07) is 64.2. The van der Waals surface area contributed by atoms with E-state index in [9.17, 15) is 0 Å². The third kappa shape index (κ3) is 5.27. The molecule has 274 valence electrons. The van der Waals surface area contributed by atoms with Crippen LogP contribution in [-0.4, -0.2) is 10.8 Å². The summed E-state index contributed by atoms with van der Waals surface area (Å²) < 4.78 is 9.38. The SMILES string of the molecule is c1ccc(C2=NC(c3ccc(-c4cccc5c4oc4ccc6c(-c7ccccc7)nc7ccccc7c6c45)cc3)NC(c3cccc4sc5ccccc5c34)N2)cc1. The number of para-hydroxylation sites is 2. The molecule has 2 unspecified atom stereocenters. The third-order valence-corrected chi connectivity index (χ3v) is 12.7. The Morgan fingerprint density at radius 2 is 1.21 bits per heavy atom. The van der Waals surface area contributed by atoms with Crippen LogP contribution < -0.4 is 10.6 Å². The van der Waals surface area contributed by atoms with Crippen molar-refractivity contribution in [3.63, 3.8) is 0 Å². The zero-order valence-corrected chi connectivity index (χ0v) is 32.0. The summed E-state index contributed by atoms with van der Waals surface area (Å²) >= 11 is 1.84. The van der Waals surface area contributed by atoms with Gasteiger partial charge in [-0.05, 0) is 47.0 Å². The van der Waals surface area contributed by atoms with Gasteiger partial charge in [-0.1, -0.05) is 152 Å². The monoisotopic (exact) mass is 762 g/mol. The van der Waals surface area contributed by atoms with Crippen molar-refractivity contribution >= 4 is 81.0 Å². The molecule has 6 heteroatoms. The van der Waals surface area contributed by atoms with Gasteiger partial charge in [0.05, 0.1) is 11.2 Å². The third-order valence-electron chi connectivity index (χ3n) is 11.6. The van der Waals surface area contributed by atoms with Gasteiger partial charge in [-0.25, -0.2) is 9.98 Å². The number of hydrogen-bond donors (Lipinski definition) is 2. The molecule has 1 aliphatic heterocycles. The Morgan fingerprint density at radius 1 is 0.500 bits per heavy atom. The summed E-state index contributed by atoms with van der Waals surface area (Å²) in [4.78, 5) is 10.4. The van der Waals surface area contributed by atoms with Gasteiger partial charge in [0.15, 0.2) is 0 Å². The molecule has 12 rings (SSSR count). The lowest BCUT2D eigenvalue weighted by Crippen LogP contribution is -2.45. The molecule has 58 heavy (non-hydrogen) atoms. The zero-order chi connectivity index (χ0) is 38.2. The van der Waals surface area contributed by atoms with Crippen LogP contribution in [0.15, 0.2) is 191 Å². The van der Waals surface area contributed by atoms with Crippen molar-refractivity contribution in [3.8, 4) is 22.4 Å². The van der Waals surface area contributed by atoms with Crippen LogP contribution in [-0.2, 0) is 0 Å². The van der Waals surface area contributed by atoms with Crippen molar-refractivity contribution in [2.45, 2.75) is 12.3 Å². The maximum absolute atomic E-state index is 6.81. The molecule has 5 nitrogen and oxygen atoms in total. The minimum Gasteiger partial charge on any atom is -0.455 e. The van der Waals surface area contributed by atoms with Crippen molar-refractivity contribution in [2.75, 3.05) is 0 Å². The van der Waals surface area contributed by atoms with Crippen LogP contribution in [0.1, 0.15) is 29.0 Å². The van der Waals surface area contributed by atoms with Crippen molar-refractivity contribution in [1.29, 1.82) is 0 Å². The molecule has 0 radical (unpaired) electrons. The molecule has 4 heterocycles. The van der Waals surface area contributed by atoms with Gasteiger partial charge in [-0.3, -0.25) is 5.32 Å². The normalized spacial score (nSPS) is 15.8. The summed E-state index contributed by atoms with van der Waals surface area (Å²) in [5, 5.41) is 15.8. The van der Waals surface area contributed by atoms with Crippen LogP contribution in [0, 0.1) is 0 Å². The molecule has 0 saturated carbocycles. The first kappa shape index (κ1) is 33.1. The first-order chi connectivity index (χ1) is 28.7. The summed E-state index contributed by atoms with van der Waals surface area (Å²) in [5.41, 5.74) is 10.3. The molecular formula is C52H34N4OS. The van der Waals surface area contributed by atoms with E-state index < -0.39 is 0 Å². The number of nitrogens with one attached hydrogen (secondary N) is 2. The number of aliphatic imine (C=N–C) groups is 1. The Hall–Kier alpha value is -7.12. The molecule has 0 spiro atoms. The molecule has 2 atom stereocenters. The molecule has 0 bridgehead atoms. The Labute approximate surface area is 337 Å². The Bertz CT molecular complexity index is 3410. The van der Waals surface area contributed by atoms with Crippen LogP contribution in [0.3, 0.4) is 0 Å². The van der Waals surface area contributed by atoms with E-state index in [4.69, 9.17) is 14.4 Å². The minimum atomic E-state index is -0.273. The highest BCUT2D eigenvalue weighted by Crippen LogP contribution is 2.44. The number of hydrogen-bond acceptors (Lipinski definition) is 6. The van der Waals surface area contributed by atoms with Crippen LogP contribution in [0.5, 0.6) is 0 Å². The van der Waals surface area contributed by atoms with E-state index in [1.54, 1.807) is 0 Å². The summed E-state index contributed by atoms with van der Waals surface area (Å²) in [7, 11) is 0. The molecule has 11 aromatic rings. The Kier molecular flexibility index (Phi) is 7.55. The number of thiophene rings is 1. The van der Waals surface area contributed by atoms with E-state index in [1.807, 2.05) is 23.5 Å². The smallest absolute Gasteiger partial charge is 0.143 e. The van der Waals surface area contributed by atoms with Gasteiger partial charge in [-0.15, -0.1) is 11.3 Å². The predicted molar refractivity (Wildman–Crippen MR) is 241 cm³/mol. The lowest BCUT2D eigenvalue weighted by Gasteiger charge is -2.32. The average Bonchev–Trinajstić information content (AvgIpc) is 3.88. The van der Waals surface area contributed by atoms with Gasteiger partial charge in [0.2, 0.25) is 0 Å². The molecule has 0 fully saturated rings. The van der Waals surface area contributed by atoms with Crippen LogP contribution in [0.25, 0.3) is 86.2 Å². The average molecular weight is 763 g/mol. The van der Waals surface area contributed by atoms with Gasteiger partial charge in [0.25, 0.3) is 0 Å². The Balaban J connectivity index is 0.968. The Morgan fingerprint density at radius 3 is 2.05 bits per heavy atom. The summed E-state index contributed by atoms with van der Waals surface area (Å²) in [6.45, 7) is 0. The number of rotatable bonds is 5. The highest BCUT2D eigenvalue weighted by molar-refractivity contribution is 7.25. The molecule has 3 aromatic heterocycles. The topological polar surface area (TPSA) is 62.5 Å². The zero-order valence-electron chi connectivity index (χ0n) is 31.2. The van der Waals surface area contributed by atoms with Crippen LogP contribution in [0.4, 0.5) is 0 Å². The van der Waals surface area contributed by atoms with E-state index in [-0.39, 0.29) is 12.3 Å². The predicted octanol–water partition coefficient (Wildman–Crippen LogP) is 13.3. The van der Waals surface area contributed by atoms with E-state index in [0.717, 1.165) is 83.0 Å². The second kappa shape index (κ2) is 13.2. The number of fused-ring (bicyclic) bond motifs is 10. The van der Waals surface area contributed by atoms with Crippen molar-refractivity contribution < 1.29 is 4.42 Å². The molecule has 2 N–H and O–H groups in total. The first-order valence-corrected chi connectivity index (χ1v) is 20.5. The molecular weight excluding hydrogens is 729 g/mol. The fourth-order valence-electron chi connectivity index (χ4n) is 8.89. The van der Waals surface area contributed by atoms with Crippen LogP contribution >= 0.6 is 11.3 Å². The number of amidine groups is 1. The maximum atomic E-state index is 6.81. The van der Waals surface area contributed by atoms with Gasteiger partial charge in [0.1, 0.15) is 29.3 Å². The van der Waals surface area contributed by atoms with Gasteiger partial charge in [0, 0.05) is 63.8 Å². The highest BCUT2D eigenvalue weighted by Gasteiger charge is 2.28. The molecule has 1 aliphatic rings. The van der Waals surface area contributed by atoms with Gasteiger partial charge < -0.3 is 9.73 Å². The van der Waals surface area contributed by atoms with Crippen molar-refractivity contribution in [3.05, 3.63) is 199 Å². The van der Waals surface area contributed by atoms with E-state index in [2.05, 4.69) is 180 Å². The molecule has 8 aromatic carbocycles. The first-order valence-electron chi connectivity index (χ1n) is 19.6. The maximum Gasteiger partial charge on any atom is 0.143 e. The van der Waals surface area contributed by atoms with Gasteiger partial charge >= 0.3 is 0 Å².